The van der Waals surface area contributed by atoms with Crippen molar-refractivity contribution in [2.45, 2.75) is 18.8 Å². The molecule has 0 aliphatic carbocycles. The van der Waals surface area contributed by atoms with Crippen LogP contribution in [-0.4, -0.2) is 28.5 Å². The molecule has 1 aromatic rings. The molecular formula is C12H16ClNO. The van der Waals surface area contributed by atoms with Crippen LogP contribution in [0.5, 0.6) is 5.75 Å². The number of benzene rings is 1. The van der Waals surface area contributed by atoms with Gasteiger partial charge in [-0.2, -0.15) is 0 Å². The molecule has 0 bridgehead atoms. The normalized spacial score (nSPS) is 27.1. The van der Waals surface area contributed by atoms with Crippen LogP contribution in [0, 0.1) is 5.92 Å². The second kappa shape index (κ2) is 4.42. The molecule has 15 heavy (non-hydrogen) atoms. The fourth-order valence-corrected chi connectivity index (χ4v) is 2.34. The lowest BCUT2D eigenvalue weighted by atomic mass is 10.1. The van der Waals surface area contributed by atoms with Gasteiger partial charge in [0.1, 0.15) is 5.75 Å². The predicted octanol–water partition coefficient (Wildman–Crippen LogP) is 2.45. The molecule has 1 aromatic carbocycles. The molecule has 0 radical (unpaired) electrons. The molecule has 2 unspecified atom stereocenters. The number of alkyl halides is 1. The molecule has 1 N–H and O–H groups in total. The fourth-order valence-electron chi connectivity index (χ4n) is 2.06. The van der Waals surface area contributed by atoms with Crippen LogP contribution in [-0.2, 0) is 6.54 Å². The Hall–Kier alpha value is -0.730. The van der Waals surface area contributed by atoms with Crippen LogP contribution in [0.25, 0.3) is 0 Å². The van der Waals surface area contributed by atoms with Gasteiger partial charge in [-0.15, -0.1) is 11.6 Å². The van der Waals surface area contributed by atoms with E-state index in [2.05, 4.69) is 11.8 Å². The van der Waals surface area contributed by atoms with Crippen LogP contribution in [0.15, 0.2) is 24.3 Å². The van der Waals surface area contributed by atoms with Gasteiger partial charge in [-0.3, -0.25) is 4.90 Å². The van der Waals surface area contributed by atoms with Gasteiger partial charge in [0.25, 0.3) is 0 Å². The number of hydrogen-bond acceptors (Lipinski definition) is 2. The van der Waals surface area contributed by atoms with Crippen molar-refractivity contribution in [2.24, 2.45) is 5.92 Å². The standard InChI is InChI=1S/C12H16ClNO/c1-9-6-14(8-12(9)13)7-10-3-2-4-11(15)5-10/h2-5,9,12,15H,6-8H2,1H3. The highest BCUT2D eigenvalue weighted by atomic mass is 35.5. The van der Waals surface area contributed by atoms with Crippen LogP contribution in [0.4, 0.5) is 0 Å². The number of rotatable bonds is 2. The first-order valence-corrected chi connectivity index (χ1v) is 5.73. The second-order valence-electron chi connectivity index (χ2n) is 4.36. The SMILES string of the molecule is CC1CN(Cc2cccc(O)c2)CC1Cl. The van der Waals surface area contributed by atoms with E-state index in [0.29, 0.717) is 11.7 Å². The summed E-state index contributed by atoms with van der Waals surface area (Å²) >= 11 is 6.16. The molecule has 0 saturated carbocycles. The van der Waals surface area contributed by atoms with Crippen molar-refractivity contribution in [1.82, 2.24) is 4.90 Å². The van der Waals surface area contributed by atoms with E-state index in [9.17, 15) is 5.11 Å². The lowest BCUT2D eigenvalue weighted by molar-refractivity contribution is 0.320. The molecule has 1 aliphatic rings. The zero-order valence-corrected chi connectivity index (χ0v) is 9.61. The predicted molar refractivity (Wildman–Crippen MR) is 62.2 cm³/mol. The summed E-state index contributed by atoms with van der Waals surface area (Å²) in [5.74, 6) is 0.895. The van der Waals surface area contributed by atoms with Crippen molar-refractivity contribution >= 4 is 11.6 Å². The lowest BCUT2D eigenvalue weighted by Crippen LogP contribution is -2.20. The minimum atomic E-state index is 0.266. The van der Waals surface area contributed by atoms with Gasteiger partial charge in [0.2, 0.25) is 0 Å². The Balaban J connectivity index is 1.98. The summed E-state index contributed by atoms with van der Waals surface area (Å²) < 4.78 is 0. The Morgan fingerprint density at radius 1 is 1.47 bits per heavy atom. The maximum absolute atomic E-state index is 9.35. The summed E-state index contributed by atoms with van der Waals surface area (Å²) in [4.78, 5) is 2.33. The molecule has 1 fully saturated rings. The molecule has 0 amide bonds. The van der Waals surface area contributed by atoms with Crippen molar-refractivity contribution in [2.75, 3.05) is 13.1 Å². The van der Waals surface area contributed by atoms with Gasteiger partial charge in [-0.1, -0.05) is 19.1 Å². The molecule has 3 heteroatoms. The van der Waals surface area contributed by atoms with Crippen molar-refractivity contribution in [1.29, 1.82) is 0 Å². The first-order valence-electron chi connectivity index (χ1n) is 5.29. The molecule has 1 heterocycles. The van der Waals surface area contributed by atoms with E-state index in [-0.39, 0.29) is 5.38 Å². The maximum Gasteiger partial charge on any atom is 0.115 e. The maximum atomic E-state index is 9.35. The van der Waals surface area contributed by atoms with E-state index in [1.54, 1.807) is 6.07 Å². The van der Waals surface area contributed by atoms with Crippen LogP contribution in [0.2, 0.25) is 0 Å². The number of aromatic hydroxyl groups is 1. The number of likely N-dealkylation sites (tertiary alicyclic amines) is 1. The van der Waals surface area contributed by atoms with Gasteiger partial charge in [-0.25, -0.2) is 0 Å². The Labute approximate surface area is 95.5 Å². The summed E-state index contributed by atoms with van der Waals surface area (Å²) in [6, 6.07) is 7.42. The molecule has 0 aromatic heterocycles. The van der Waals surface area contributed by atoms with Crippen molar-refractivity contribution in [3.8, 4) is 5.75 Å². The first-order chi connectivity index (χ1) is 7.15. The summed E-state index contributed by atoms with van der Waals surface area (Å²) in [6.07, 6.45) is 0. The average molecular weight is 226 g/mol. The molecule has 1 saturated heterocycles. The van der Waals surface area contributed by atoms with Gasteiger partial charge < -0.3 is 5.11 Å². The van der Waals surface area contributed by atoms with Crippen LogP contribution < -0.4 is 0 Å². The number of halogens is 1. The summed E-state index contributed by atoms with van der Waals surface area (Å²) in [7, 11) is 0. The third kappa shape index (κ3) is 2.64. The minimum Gasteiger partial charge on any atom is -0.508 e. The topological polar surface area (TPSA) is 23.5 Å². The smallest absolute Gasteiger partial charge is 0.115 e. The van der Waals surface area contributed by atoms with E-state index in [1.807, 2.05) is 18.2 Å². The molecule has 2 rings (SSSR count). The first kappa shape index (κ1) is 10.8. The van der Waals surface area contributed by atoms with E-state index >= 15 is 0 Å². The molecule has 1 aliphatic heterocycles. The average Bonchev–Trinajstić information content (AvgIpc) is 2.45. The number of phenolic OH excluding ortho intramolecular Hbond substituents is 1. The Kier molecular flexibility index (Phi) is 3.17. The van der Waals surface area contributed by atoms with Crippen molar-refractivity contribution in [3.05, 3.63) is 29.8 Å². The molecule has 0 spiro atoms. The largest absolute Gasteiger partial charge is 0.508 e. The van der Waals surface area contributed by atoms with Gasteiger partial charge in [0.05, 0.1) is 5.38 Å². The minimum absolute atomic E-state index is 0.266. The fraction of sp³-hybridized carbons (Fsp3) is 0.500. The summed E-state index contributed by atoms with van der Waals surface area (Å²) in [6.45, 7) is 5.05. The van der Waals surface area contributed by atoms with E-state index in [4.69, 9.17) is 11.6 Å². The van der Waals surface area contributed by atoms with E-state index < -0.39 is 0 Å². The van der Waals surface area contributed by atoms with E-state index in [1.165, 1.54) is 0 Å². The molecule has 82 valence electrons. The van der Waals surface area contributed by atoms with Gasteiger partial charge in [0, 0.05) is 19.6 Å². The highest BCUT2D eigenvalue weighted by Crippen LogP contribution is 2.23. The number of nitrogens with zero attached hydrogens (tertiary/aromatic N) is 1. The van der Waals surface area contributed by atoms with Crippen molar-refractivity contribution in [3.63, 3.8) is 0 Å². The highest BCUT2D eigenvalue weighted by molar-refractivity contribution is 6.21. The molecule has 2 nitrogen and oxygen atoms in total. The molecule has 2 atom stereocenters. The lowest BCUT2D eigenvalue weighted by Gasteiger charge is -2.15. The van der Waals surface area contributed by atoms with Crippen LogP contribution >= 0.6 is 11.6 Å². The molecular weight excluding hydrogens is 210 g/mol. The zero-order chi connectivity index (χ0) is 10.8. The number of phenols is 1. The quantitative estimate of drug-likeness (QED) is 0.782. The van der Waals surface area contributed by atoms with E-state index in [0.717, 1.165) is 25.2 Å². The Morgan fingerprint density at radius 3 is 2.87 bits per heavy atom. The number of hydrogen-bond donors (Lipinski definition) is 1. The Morgan fingerprint density at radius 2 is 2.27 bits per heavy atom. The third-order valence-electron chi connectivity index (χ3n) is 2.91. The highest BCUT2D eigenvalue weighted by Gasteiger charge is 2.27. The van der Waals surface area contributed by atoms with Crippen LogP contribution in [0.1, 0.15) is 12.5 Å². The Bertz CT molecular complexity index is 332. The van der Waals surface area contributed by atoms with Gasteiger partial charge >= 0.3 is 0 Å². The van der Waals surface area contributed by atoms with Gasteiger partial charge in [0.15, 0.2) is 0 Å². The van der Waals surface area contributed by atoms with Crippen molar-refractivity contribution < 1.29 is 5.11 Å². The second-order valence-corrected chi connectivity index (χ2v) is 4.92. The zero-order valence-electron chi connectivity index (χ0n) is 8.86. The van der Waals surface area contributed by atoms with Crippen LogP contribution in [0.3, 0.4) is 0 Å². The monoisotopic (exact) mass is 225 g/mol. The third-order valence-corrected chi connectivity index (χ3v) is 3.48. The van der Waals surface area contributed by atoms with Gasteiger partial charge in [-0.05, 0) is 23.6 Å². The summed E-state index contributed by atoms with van der Waals surface area (Å²) in [5.41, 5.74) is 1.15. The summed E-state index contributed by atoms with van der Waals surface area (Å²) in [5, 5.41) is 9.61.